The number of ether oxygens (including phenoxy) is 1. The van der Waals surface area contributed by atoms with Crippen molar-refractivity contribution < 1.29 is 4.74 Å². The first kappa shape index (κ1) is 16.2. The van der Waals surface area contributed by atoms with Crippen LogP contribution in [0.3, 0.4) is 0 Å². The molecule has 0 radical (unpaired) electrons. The van der Waals surface area contributed by atoms with E-state index in [0.717, 1.165) is 43.5 Å². The van der Waals surface area contributed by atoms with Crippen molar-refractivity contribution in [2.24, 2.45) is 5.92 Å². The van der Waals surface area contributed by atoms with Crippen LogP contribution < -0.4 is 0 Å². The Bertz CT molecular complexity index is 656. The quantitative estimate of drug-likeness (QED) is 0.772. The maximum atomic E-state index is 6.30. The third-order valence-corrected chi connectivity index (χ3v) is 5.86. The van der Waals surface area contributed by atoms with Crippen LogP contribution in [0.1, 0.15) is 35.5 Å². The van der Waals surface area contributed by atoms with Crippen molar-refractivity contribution in [3.8, 4) is 0 Å². The molecule has 24 heavy (non-hydrogen) atoms. The van der Waals surface area contributed by atoms with Gasteiger partial charge in [-0.05, 0) is 50.2 Å². The molecule has 4 rings (SSSR count). The molecule has 5 heteroatoms. The fourth-order valence-corrected chi connectivity index (χ4v) is 4.13. The van der Waals surface area contributed by atoms with Crippen molar-refractivity contribution in [1.82, 2.24) is 14.9 Å². The molecule has 0 bridgehead atoms. The Hall–Kier alpha value is -1.30. The van der Waals surface area contributed by atoms with Crippen molar-refractivity contribution in [1.29, 1.82) is 0 Å². The zero-order valence-electron chi connectivity index (χ0n) is 14.2. The number of thiazole rings is 1. The number of likely N-dealkylation sites (tertiary alicyclic amines) is 1. The van der Waals surface area contributed by atoms with Gasteiger partial charge in [-0.15, -0.1) is 11.3 Å². The Morgan fingerprint density at radius 1 is 1.33 bits per heavy atom. The van der Waals surface area contributed by atoms with Crippen LogP contribution >= 0.6 is 11.3 Å². The molecule has 2 aromatic rings. The Labute approximate surface area is 147 Å². The minimum atomic E-state index is 0.338. The number of nitrogens with zero attached hydrogens (tertiary/aromatic N) is 3. The highest BCUT2D eigenvalue weighted by Crippen LogP contribution is 2.32. The molecule has 0 amide bonds. The molecule has 128 valence electrons. The average Bonchev–Trinajstić information content (AvgIpc) is 3.23. The molecule has 1 aliphatic carbocycles. The molecule has 0 spiro atoms. The van der Waals surface area contributed by atoms with Crippen molar-refractivity contribution in [2.45, 2.75) is 51.3 Å². The van der Waals surface area contributed by atoms with E-state index in [4.69, 9.17) is 4.74 Å². The molecule has 0 N–H and O–H groups in total. The van der Waals surface area contributed by atoms with Gasteiger partial charge in [-0.1, -0.05) is 6.07 Å². The highest BCUT2D eigenvalue weighted by atomic mass is 32.1. The summed E-state index contributed by atoms with van der Waals surface area (Å²) in [6.45, 7) is 5.04. The third kappa shape index (κ3) is 4.02. The van der Waals surface area contributed by atoms with Crippen LogP contribution in [0.5, 0.6) is 0 Å². The van der Waals surface area contributed by atoms with Gasteiger partial charge in [0.1, 0.15) is 0 Å². The monoisotopic (exact) mass is 343 g/mol. The van der Waals surface area contributed by atoms with E-state index in [1.54, 1.807) is 11.3 Å². The highest BCUT2D eigenvalue weighted by molar-refractivity contribution is 7.09. The van der Waals surface area contributed by atoms with Gasteiger partial charge in [-0.25, -0.2) is 4.98 Å². The van der Waals surface area contributed by atoms with Crippen molar-refractivity contribution >= 4 is 11.3 Å². The number of hydrogen-bond donors (Lipinski definition) is 0. The molecule has 0 aromatic carbocycles. The number of rotatable bonds is 7. The summed E-state index contributed by atoms with van der Waals surface area (Å²) in [6, 6.07) is 4.63. The van der Waals surface area contributed by atoms with E-state index in [1.807, 2.05) is 18.5 Å². The number of pyridine rings is 1. The number of aryl methyl sites for hydroxylation is 1. The zero-order valence-corrected chi connectivity index (χ0v) is 15.0. The zero-order chi connectivity index (χ0) is 16.4. The molecule has 2 atom stereocenters. The van der Waals surface area contributed by atoms with E-state index >= 15 is 0 Å². The summed E-state index contributed by atoms with van der Waals surface area (Å²) in [5.74, 6) is 0.819. The average molecular weight is 343 g/mol. The lowest BCUT2D eigenvalue weighted by atomic mass is 10.0. The van der Waals surface area contributed by atoms with E-state index in [1.165, 1.54) is 24.1 Å². The van der Waals surface area contributed by atoms with Gasteiger partial charge < -0.3 is 4.74 Å². The molecular formula is C19H25N3OS. The predicted octanol–water partition coefficient (Wildman–Crippen LogP) is 3.46. The lowest BCUT2D eigenvalue weighted by Crippen LogP contribution is -2.38. The molecule has 0 unspecified atom stereocenters. The normalized spacial score (nSPS) is 24.5. The van der Waals surface area contributed by atoms with Gasteiger partial charge in [0, 0.05) is 43.5 Å². The van der Waals surface area contributed by atoms with Crippen LogP contribution in [0.15, 0.2) is 29.9 Å². The molecule has 4 nitrogen and oxygen atoms in total. The maximum absolute atomic E-state index is 6.30. The van der Waals surface area contributed by atoms with Crippen LogP contribution in [-0.4, -0.2) is 40.2 Å². The summed E-state index contributed by atoms with van der Waals surface area (Å²) in [5.41, 5.74) is 2.49. The lowest BCUT2D eigenvalue weighted by Gasteiger charge is -2.28. The minimum Gasteiger partial charge on any atom is -0.376 e. The van der Waals surface area contributed by atoms with Crippen LogP contribution in [0.4, 0.5) is 0 Å². The summed E-state index contributed by atoms with van der Waals surface area (Å²) in [4.78, 5) is 11.5. The third-order valence-electron chi connectivity index (χ3n) is 5.04. The summed E-state index contributed by atoms with van der Waals surface area (Å²) in [6.07, 6.45) is 9.00. The Morgan fingerprint density at radius 3 is 2.96 bits per heavy atom. The Kier molecular flexibility index (Phi) is 4.92. The molecule has 2 aromatic heterocycles. The summed E-state index contributed by atoms with van der Waals surface area (Å²) >= 11 is 1.74. The number of hydrogen-bond acceptors (Lipinski definition) is 5. The van der Waals surface area contributed by atoms with Gasteiger partial charge in [0.05, 0.1) is 16.8 Å². The topological polar surface area (TPSA) is 38.2 Å². The lowest BCUT2D eigenvalue weighted by molar-refractivity contribution is 0.0195. The van der Waals surface area contributed by atoms with Gasteiger partial charge in [-0.2, -0.15) is 0 Å². The van der Waals surface area contributed by atoms with Crippen LogP contribution in [0.25, 0.3) is 0 Å². The van der Waals surface area contributed by atoms with Gasteiger partial charge in [0.25, 0.3) is 0 Å². The predicted molar refractivity (Wildman–Crippen MR) is 96.1 cm³/mol. The molecule has 1 aliphatic heterocycles. The van der Waals surface area contributed by atoms with Crippen molar-refractivity contribution in [3.63, 3.8) is 0 Å². The summed E-state index contributed by atoms with van der Waals surface area (Å²) in [5, 5.41) is 3.34. The second-order valence-electron chi connectivity index (χ2n) is 7.06. The SMILES string of the molecule is Cc1nc(CN2CC[C@@H](OCC3CC3)[C@H]2Cc2cccnc2)cs1. The number of aromatic nitrogens is 2. The van der Waals surface area contributed by atoms with Gasteiger partial charge in [-0.3, -0.25) is 9.88 Å². The smallest absolute Gasteiger partial charge is 0.0897 e. The fourth-order valence-electron chi connectivity index (χ4n) is 3.53. The summed E-state index contributed by atoms with van der Waals surface area (Å²) < 4.78 is 6.30. The first-order valence-electron chi connectivity index (χ1n) is 8.93. The van der Waals surface area contributed by atoms with Crippen LogP contribution in [-0.2, 0) is 17.7 Å². The van der Waals surface area contributed by atoms with E-state index in [2.05, 4.69) is 33.2 Å². The fraction of sp³-hybridized carbons (Fsp3) is 0.579. The van der Waals surface area contributed by atoms with E-state index in [0.29, 0.717) is 12.1 Å². The van der Waals surface area contributed by atoms with Crippen LogP contribution in [0.2, 0.25) is 0 Å². The Balaban J connectivity index is 1.46. The van der Waals surface area contributed by atoms with E-state index < -0.39 is 0 Å². The minimum absolute atomic E-state index is 0.338. The molecule has 2 aliphatic rings. The van der Waals surface area contributed by atoms with Gasteiger partial charge in [0.2, 0.25) is 0 Å². The molecule has 1 saturated heterocycles. The summed E-state index contributed by atoms with van der Waals surface area (Å²) in [7, 11) is 0. The second kappa shape index (κ2) is 7.30. The largest absolute Gasteiger partial charge is 0.376 e. The molecular weight excluding hydrogens is 318 g/mol. The molecule has 1 saturated carbocycles. The van der Waals surface area contributed by atoms with E-state index in [9.17, 15) is 0 Å². The first-order valence-corrected chi connectivity index (χ1v) is 9.81. The van der Waals surface area contributed by atoms with Crippen molar-refractivity contribution in [3.05, 3.63) is 46.2 Å². The maximum Gasteiger partial charge on any atom is 0.0897 e. The highest BCUT2D eigenvalue weighted by Gasteiger charge is 2.36. The van der Waals surface area contributed by atoms with Gasteiger partial charge >= 0.3 is 0 Å². The standard InChI is InChI=1S/C19H25N3OS/c1-14-21-17(13-24-14)11-22-8-6-19(23-12-15-4-5-15)18(22)9-16-3-2-7-20-10-16/h2-3,7,10,13,15,18-19H,4-6,8-9,11-12H2,1H3/t18-,19-/m1/s1. The second-order valence-corrected chi connectivity index (χ2v) is 8.13. The first-order chi connectivity index (χ1) is 11.8. The van der Waals surface area contributed by atoms with Gasteiger partial charge in [0.15, 0.2) is 0 Å². The Morgan fingerprint density at radius 2 is 2.25 bits per heavy atom. The van der Waals surface area contributed by atoms with E-state index in [-0.39, 0.29) is 0 Å². The molecule has 3 heterocycles. The van der Waals surface area contributed by atoms with Crippen molar-refractivity contribution in [2.75, 3.05) is 13.2 Å². The van der Waals surface area contributed by atoms with Crippen LogP contribution in [0, 0.1) is 12.8 Å². The molecule has 2 fully saturated rings.